The van der Waals surface area contributed by atoms with Gasteiger partial charge in [-0.05, 0) is 58.2 Å². The molecule has 0 bridgehead atoms. The molecule has 2 aromatic carbocycles. The van der Waals surface area contributed by atoms with Gasteiger partial charge >= 0.3 is 5.97 Å². The lowest BCUT2D eigenvalue weighted by Crippen LogP contribution is -2.41. The van der Waals surface area contributed by atoms with Crippen LogP contribution < -0.4 is 4.90 Å². The van der Waals surface area contributed by atoms with Crippen LogP contribution in [0.2, 0.25) is 0 Å². The molecule has 1 unspecified atom stereocenters. The number of hydrogen-bond donors (Lipinski definition) is 1. The van der Waals surface area contributed by atoms with Gasteiger partial charge in [-0.25, -0.2) is 9.37 Å². The average Bonchev–Trinajstić information content (AvgIpc) is 3.02. The van der Waals surface area contributed by atoms with Crippen LogP contribution >= 0.6 is 27.3 Å². The fraction of sp³-hybridized carbons (Fsp3) is 0.211. The van der Waals surface area contributed by atoms with E-state index in [-0.39, 0.29) is 25.3 Å². The van der Waals surface area contributed by atoms with Gasteiger partial charge in [0.05, 0.1) is 29.1 Å². The topological polar surface area (TPSA) is 70.5 Å². The number of nitrogens with zero attached hydrogens (tertiary/aromatic N) is 2. The number of thiazole rings is 1. The second-order valence-corrected chi connectivity index (χ2v) is 8.36. The first kappa shape index (κ1) is 18.1. The van der Waals surface area contributed by atoms with E-state index in [1.807, 2.05) is 18.2 Å². The lowest BCUT2D eigenvalue weighted by atomic mass is 9.89. The first-order valence-corrected chi connectivity index (χ1v) is 9.89. The van der Waals surface area contributed by atoms with Gasteiger partial charge in [-0.2, -0.15) is 0 Å². The van der Waals surface area contributed by atoms with E-state index in [9.17, 15) is 14.0 Å². The van der Waals surface area contributed by atoms with Crippen molar-refractivity contribution in [3.63, 3.8) is 0 Å². The Bertz CT molecular complexity index is 1070. The average molecular weight is 449 g/mol. The van der Waals surface area contributed by atoms with Crippen molar-refractivity contribution >= 4 is 55.0 Å². The molecule has 0 radical (unpaired) electrons. The zero-order valence-corrected chi connectivity index (χ0v) is 16.4. The summed E-state index contributed by atoms with van der Waals surface area (Å²) >= 11 is 4.95. The zero-order valence-electron chi connectivity index (χ0n) is 14.0. The summed E-state index contributed by atoms with van der Waals surface area (Å²) in [5.41, 5.74) is 2.08. The number of fused-ring (bicyclic) bond motifs is 2. The van der Waals surface area contributed by atoms with E-state index in [4.69, 9.17) is 5.11 Å². The number of aromatic nitrogens is 1. The van der Waals surface area contributed by atoms with Crippen LogP contribution in [0.3, 0.4) is 0 Å². The number of carbonyl (C=O) groups excluding carboxylic acids is 1. The van der Waals surface area contributed by atoms with Crippen molar-refractivity contribution < 1.29 is 19.1 Å². The molecule has 0 fully saturated rings. The van der Waals surface area contributed by atoms with E-state index in [0.717, 1.165) is 19.7 Å². The van der Waals surface area contributed by atoms with Crippen LogP contribution in [0.25, 0.3) is 10.2 Å². The van der Waals surface area contributed by atoms with Crippen molar-refractivity contribution in [1.82, 2.24) is 4.98 Å². The summed E-state index contributed by atoms with van der Waals surface area (Å²) in [7, 11) is 0. The molecule has 1 aromatic heterocycles. The Labute approximate surface area is 166 Å². The van der Waals surface area contributed by atoms with Crippen molar-refractivity contribution in [3.8, 4) is 0 Å². The van der Waals surface area contributed by atoms with E-state index >= 15 is 0 Å². The van der Waals surface area contributed by atoms with Gasteiger partial charge in [0.15, 0.2) is 0 Å². The van der Waals surface area contributed by atoms with Crippen LogP contribution in [0.4, 0.5) is 10.1 Å². The molecule has 1 amide bonds. The summed E-state index contributed by atoms with van der Waals surface area (Å²) in [6.45, 7) is 0.222. The zero-order chi connectivity index (χ0) is 19.1. The lowest BCUT2D eigenvalue weighted by molar-refractivity contribution is -0.140. The Morgan fingerprint density at radius 3 is 2.93 bits per heavy atom. The highest BCUT2D eigenvalue weighted by atomic mass is 79.9. The molecule has 1 aliphatic rings. The molecule has 138 valence electrons. The predicted molar refractivity (Wildman–Crippen MR) is 104 cm³/mol. The SMILES string of the molecule is O=C(O)CC1Cc2cc(F)ccc2N(Cc2nc3c(Br)cccc3s2)C1=O. The highest BCUT2D eigenvalue weighted by Gasteiger charge is 2.34. The normalized spacial score (nSPS) is 16.6. The highest BCUT2D eigenvalue weighted by molar-refractivity contribution is 9.10. The summed E-state index contributed by atoms with van der Waals surface area (Å²) in [4.78, 5) is 30.2. The minimum Gasteiger partial charge on any atom is -0.481 e. The quantitative estimate of drug-likeness (QED) is 0.642. The van der Waals surface area contributed by atoms with Crippen LogP contribution in [0.5, 0.6) is 0 Å². The van der Waals surface area contributed by atoms with Gasteiger partial charge in [-0.15, -0.1) is 11.3 Å². The van der Waals surface area contributed by atoms with Gasteiger partial charge in [0.2, 0.25) is 5.91 Å². The first-order chi connectivity index (χ1) is 12.9. The van der Waals surface area contributed by atoms with Crippen molar-refractivity contribution in [2.45, 2.75) is 19.4 Å². The summed E-state index contributed by atoms with van der Waals surface area (Å²) in [6.07, 6.45) is -0.0587. The number of carboxylic acids is 1. The number of benzene rings is 2. The third-order valence-electron chi connectivity index (χ3n) is 4.54. The first-order valence-electron chi connectivity index (χ1n) is 8.28. The lowest BCUT2D eigenvalue weighted by Gasteiger charge is -2.33. The van der Waals surface area contributed by atoms with E-state index in [2.05, 4.69) is 20.9 Å². The molecule has 27 heavy (non-hydrogen) atoms. The number of anilines is 1. The Morgan fingerprint density at radius 1 is 1.37 bits per heavy atom. The molecule has 3 aromatic rings. The number of carbonyl (C=O) groups is 2. The maximum atomic E-state index is 13.7. The predicted octanol–water partition coefficient (Wildman–Crippen LogP) is 4.38. The number of carboxylic acid groups (broad SMARTS) is 1. The number of halogens is 2. The highest BCUT2D eigenvalue weighted by Crippen LogP contribution is 2.35. The Morgan fingerprint density at radius 2 is 2.19 bits per heavy atom. The van der Waals surface area contributed by atoms with Crippen molar-refractivity contribution in [2.75, 3.05) is 4.90 Å². The summed E-state index contributed by atoms with van der Waals surface area (Å²) < 4.78 is 15.5. The maximum Gasteiger partial charge on any atom is 0.304 e. The van der Waals surface area contributed by atoms with Crippen LogP contribution in [0.1, 0.15) is 17.0 Å². The number of amides is 1. The van der Waals surface area contributed by atoms with Gasteiger partial charge in [0.1, 0.15) is 10.8 Å². The van der Waals surface area contributed by atoms with Gasteiger partial charge in [0.25, 0.3) is 0 Å². The molecular weight excluding hydrogens is 435 g/mol. The standard InChI is InChI=1S/C19H14BrFN2O3S/c20-13-2-1-3-15-18(13)22-16(27-15)9-23-14-5-4-12(21)7-10(14)6-11(19(23)26)8-17(24)25/h1-5,7,11H,6,8-9H2,(H,24,25). The second-order valence-electron chi connectivity index (χ2n) is 6.39. The third kappa shape index (κ3) is 3.46. The second kappa shape index (κ2) is 7.01. The van der Waals surface area contributed by atoms with Crippen LogP contribution in [0.15, 0.2) is 40.9 Å². The minimum absolute atomic E-state index is 0.222. The van der Waals surface area contributed by atoms with Crippen molar-refractivity contribution in [1.29, 1.82) is 0 Å². The number of para-hydroxylation sites is 1. The molecule has 1 atom stereocenters. The Balaban J connectivity index is 1.73. The monoisotopic (exact) mass is 448 g/mol. The molecule has 2 heterocycles. The molecule has 1 aliphatic heterocycles. The molecule has 0 saturated heterocycles. The molecule has 0 saturated carbocycles. The molecule has 8 heteroatoms. The van der Waals surface area contributed by atoms with Gasteiger partial charge in [-0.3, -0.25) is 9.59 Å². The van der Waals surface area contributed by atoms with E-state index in [1.54, 1.807) is 6.07 Å². The maximum absolute atomic E-state index is 13.7. The Hall–Kier alpha value is -2.32. The molecule has 0 spiro atoms. The minimum atomic E-state index is -1.04. The molecule has 5 nitrogen and oxygen atoms in total. The smallest absolute Gasteiger partial charge is 0.304 e. The molecule has 1 N–H and O–H groups in total. The molecule has 0 aliphatic carbocycles. The van der Waals surface area contributed by atoms with Gasteiger partial charge in [-0.1, -0.05) is 6.07 Å². The largest absolute Gasteiger partial charge is 0.481 e. The summed E-state index contributed by atoms with van der Waals surface area (Å²) in [5.74, 6) is -2.43. The van der Waals surface area contributed by atoms with Crippen LogP contribution in [-0.2, 0) is 22.6 Å². The fourth-order valence-corrected chi connectivity index (χ4v) is 4.94. The van der Waals surface area contributed by atoms with Crippen molar-refractivity contribution in [2.24, 2.45) is 5.92 Å². The summed E-state index contributed by atoms with van der Waals surface area (Å²) in [6, 6.07) is 10.0. The number of hydrogen-bond acceptors (Lipinski definition) is 4. The van der Waals surface area contributed by atoms with Crippen LogP contribution in [0, 0.1) is 11.7 Å². The van der Waals surface area contributed by atoms with E-state index < -0.39 is 17.7 Å². The Kier molecular flexibility index (Phi) is 4.69. The number of aliphatic carboxylic acids is 1. The number of rotatable bonds is 4. The van der Waals surface area contributed by atoms with Crippen molar-refractivity contribution in [3.05, 3.63) is 57.3 Å². The van der Waals surface area contributed by atoms with Gasteiger partial charge < -0.3 is 10.0 Å². The van der Waals surface area contributed by atoms with Gasteiger partial charge in [0, 0.05) is 10.2 Å². The third-order valence-corrected chi connectivity index (χ3v) is 6.19. The van der Waals surface area contributed by atoms with E-state index in [1.165, 1.54) is 28.4 Å². The molecule has 4 rings (SSSR count). The van der Waals surface area contributed by atoms with E-state index in [0.29, 0.717) is 11.3 Å². The summed E-state index contributed by atoms with van der Waals surface area (Å²) in [5, 5.41) is 9.86. The fourth-order valence-electron chi connectivity index (χ4n) is 3.37. The molecular formula is C19H14BrFN2O3S. The van der Waals surface area contributed by atoms with Crippen LogP contribution in [-0.4, -0.2) is 22.0 Å².